The second-order valence-electron chi connectivity index (χ2n) is 10.3. The molecule has 2 N–H and O–H groups in total. The summed E-state index contributed by atoms with van der Waals surface area (Å²) in [6, 6.07) is 4.18. The summed E-state index contributed by atoms with van der Waals surface area (Å²) in [5, 5.41) is 12.7. The van der Waals surface area contributed by atoms with E-state index in [1.54, 1.807) is 12.3 Å². The molecule has 0 bridgehead atoms. The highest BCUT2D eigenvalue weighted by Crippen LogP contribution is 2.42. The van der Waals surface area contributed by atoms with E-state index >= 15 is 0 Å². The summed E-state index contributed by atoms with van der Waals surface area (Å²) < 4.78 is 0. The molecule has 2 aromatic heterocycles. The summed E-state index contributed by atoms with van der Waals surface area (Å²) in [5.41, 5.74) is 0.149. The number of carboxylic acid groups (broad SMARTS) is 1. The normalized spacial score (nSPS) is 24.1. The number of hydrogen-bond donors (Lipinski definition) is 2. The lowest BCUT2D eigenvalue weighted by Gasteiger charge is -2.45. The van der Waals surface area contributed by atoms with Crippen LogP contribution in [-0.2, 0) is 4.79 Å². The molecule has 5 heterocycles. The highest BCUT2D eigenvalue weighted by Gasteiger charge is 2.50. The Hall–Kier alpha value is -2.72. The zero-order valence-electron chi connectivity index (χ0n) is 20.3. The molecule has 0 radical (unpaired) electrons. The van der Waals surface area contributed by atoms with E-state index in [2.05, 4.69) is 29.0 Å². The highest BCUT2D eigenvalue weighted by molar-refractivity contribution is 7.23. The van der Waals surface area contributed by atoms with Crippen LogP contribution < -0.4 is 5.32 Å². The summed E-state index contributed by atoms with van der Waals surface area (Å²) >= 11 is 1.19. The molecule has 1 atom stereocenters. The smallest absolute Gasteiger partial charge is 0.409 e. The zero-order valence-corrected chi connectivity index (χ0v) is 21.1. The first-order valence-corrected chi connectivity index (χ1v) is 13.3. The van der Waals surface area contributed by atoms with Gasteiger partial charge in [-0.05, 0) is 64.6 Å². The van der Waals surface area contributed by atoms with E-state index in [0.29, 0.717) is 45.8 Å². The predicted octanol–water partition coefficient (Wildman–Crippen LogP) is 3.71. The molecule has 10 heteroatoms. The van der Waals surface area contributed by atoms with Crippen LogP contribution in [0.3, 0.4) is 0 Å². The summed E-state index contributed by atoms with van der Waals surface area (Å²) in [6.45, 7) is 8.09. The number of rotatable bonds is 4. The number of nitrogens with one attached hydrogen (secondary N) is 1. The topological polar surface area (TPSA) is 106 Å². The van der Waals surface area contributed by atoms with Crippen LogP contribution in [0.25, 0.3) is 10.2 Å². The Morgan fingerprint density at radius 1 is 1.20 bits per heavy atom. The van der Waals surface area contributed by atoms with Crippen molar-refractivity contribution in [2.45, 2.75) is 58.0 Å². The maximum Gasteiger partial charge on any atom is 0.409 e. The van der Waals surface area contributed by atoms with Crippen LogP contribution in [-0.4, -0.2) is 87.5 Å². The number of likely N-dealkylation sites (tertiary alicyclic amines) is 3. The molecule has 3 fully saturated rings. The Morgan fingerprint density at radius 2 is 1.97 bits per heavy atom. The number of pyridine rings is 1. The molecule has 188 valence electrons. The number of nitrogens with zero attached hydrogens (tertiary/aromatic N) is 4. The van der Waals surface area contributed by atoms with Gasteiger partial charge in [0.05, 0.1) is 11.0 Å². The minimum Gasteiger partial charge on any atom is -0.465 e. The molecule has 35 heavy (non-hydrogen) atoms. The number of fused-ring (bicyclic) bond motifs is 1. The van der Waals surface area contributed by atoms with Gasteiger partial charge in [-0.3, -0.25) is 19.8 Å². The van der Waals surface area contributed by atoms with Gasteiger partial charge in [0.2, 0.25) is 5.91 Å². The number of thiophene rings is 1. The largest absolute Gasteiger partial charge is 0.465 e. The van der Waals surface area contributed by atoms with Gasteiger partial charge in [0.1, 0.15) is 9.83 Å². The maximum absolute atomic E-state index is 13.5. The van der Waals surface area contributed by atoms with Crippen molar-refractivity contribution in [3.05, 3.63) is 23.9 Å². The van der Waals surface area contributed by atoms with E-state index in [1.807, 2.05) is 15.9 Å². The third kappa shape index (κ3) is 4.38. The third-order valence-electron chi connectivity index (χ3n) is 7.94. The highest BCUT2D eigenvalue weighted by atomic mass is 32.1. The van der Waals surface area contributed by atoms with Gasteiger partial charge in [0.25, 0.3) is 5.91 Å². The van der Waals surface area contributed by atoms with Crippen LogP contribution >= 0.6 is 11.3 Å². The standard InChI is InChI=1S/C25H33N5O4S/c1-16(2)30-14-9-25(23(30)32)8-4-11-29(15-25)17-6-12-28(13-7-17)22(31)19-18-5-3-10-26-20(18)35-21(19)27-24(33)34/h3,5,10,16-17,27H,4,6-9,11-15H2,1-2H3,(H,33,34). The van der Waals surface area contributed by atoms with Gasteiger partial charge < -0.3 is 14.9 Å². The van der Waals surface area contributed by atoms with Crippen LogP contribution in [0.5, 0.6) is 0 Å². The molecule has 3 aliphatic heterocycles. The molecule has 0 aliphatic carbocycles. The molecule has 0 aromatic carbocycles. The van der Waals surface area contributed by atoms with Gasteiger partial charge in [-0.15, -0.1) is 0 Å². The summed E-state index contributed by atoms with van der Waals surface area (Å²) in [7, 11) is 0. The summed E-state index contributed by atoms with van der Waals surface area (Å²) in [5.74, 6) is 0.168. The number of piperidine rings is 2. The van der Waals surface area contributed by atoms with Crippen molar-refractivity contribution in [2.24, 2.45) is 5.41 Å². The predicted molar refractivity (Wildman–Crippen MR) is 135 cm³/mol. The molecule has 1 unspecified atom stereocenters. The average Bonchev–Trinajstić information content (AvgIpc) is 3.35. The number of amides is 3. The molecule has 9 nitrogen and oxygen atoms in total. The van der Waals surface area contributed by atoms with Crippen LogP contribution in [0, 0.1) is 5.41 Å². The molecular weight excluding hydrogens is 466 g/mol. The average molecular weight is 500 g/mol. The fraction of sp³-hybridized carbons (Fsp3) is 0.600. The number of hydrogen-bond acceptors (Lipinski definition) is 6. The number of carbonyl (C=O) groups excluding carboxylic acids is 2. The minimum absolute atomic E-state index is 0.153. The lowest BCUT2D eigenvalue weighted by atomic mass is 9.77. The van der Waals surface area contributed by atoms with Gasteiger partial charge in [0.15, 0.2) is 0 Å². The van der Waals surface area contributed by atoms with E-state index in [1.165, 1.54) is 11.3 Å². The summed E-state index contributed by atoms with van der Waals surface area (Å²) in [6.07, 6.45) is 5.11. The minimum atomic E-state index is -1.19. The lowest BCUT2D eigenvalue weighted by molar-refractivity contribution is -0.140. The van der Waals surface area contributed by atoms with Crippen LogP contribution in [0.1, 0.15) is 56.3 Å². The second-order valence-corrected chi connectivity index (χ2v) is 11.3. The fourth-order valence-corrected chi connectivity index (χ4v) is 7.14. The Morgan fingerprint density at radius 3 is 2.66 bits per heavy atom. The van der Waals surface area contributed by atoms with E-state index in [9.17, 15) is 19.5 Å². The molecule has 5 rings (SSSR count). The van der Waals surface area contributed by atoms with Crippen molar-refractivity contribution in [1.29, 1.82) is 0 Å². The van der Waals surface area contributed by atoms with Gasteiger partial charge in [-0.25, -0.2) is 9.78 Å². The summed E-state index contributed by atoms with van der Waals surface area (Å²) in [4.78, 5) is 49.4. The van der Waals surface area contributed by atoms with E-state index in [-0.39, 0.29) is 17.4 Å². The molecule has 2 aromatic rings. The maximum atomic E-state index is 13.5. The van der Waals surface area contributed by atoms with Gasteiger partial charge >= 0.3 is 6.09 Å². The molecular formula is C25H33N5O4S. The van der Waals surface area contributed by atoms with Crippen molar-refractivity contribution in [3.8, 4) is 0 Å². The first-order valence-electron chi connectivity index (χ1n) is 12.5. The van der Waals surface area contributed by atoms with Gasteiger partial charge in [-0.1, -0.05) is 11.3 Å². The number of aromatic nitrogens is 1. The van der Waals surface area contributed by atoms with Crippen LogP contribution in [0.2, 0.25) is 0 Å². The Bertz CT molecular complexity index is 1140. The van der Waals surface area contributed by atoms with Crippen molar-refractivity contribution in [3.63, 3.8) is 0 Å². The molecule has 0 saturated carbocycles. The fourth-order valence-electron chi connectivity index (χ4n) is 6.12. The first-order chi connectivity index (χ1) is 16.8. The molecule has 3 saturated heterocycles. The second kappa shape index (κ2) is 9.39. The Kier molecular flexibility index (Phi) is 6.43. The van der Waals surface area contributed by atoms with Crippen molar-refractivity contribution in [1.82, 2.24) is 19.7 Å². The molecule has 1 spiro atoms. The van der Waals surface area contributed by atoms with Crippen molar-refractivity contribution in [2.75, 3.05) is 38.0 Å². The van der Waals surface area contributed by atoms with E-state index in [4.69, 9.17) is 0 Å². The molecule has 3 amide bonds. The Balaban J connectivity index is 1.27. The van der Waals surface area contributed by atoms with Crippen molar-refractivity contribution < 1.29 is 19.5 Å². The Labute approximate surface area is 209 Å². The number of anilines is 1. The van der Waals surface area contributed by atoms with Gasteiger partial charge in [0, 0.05) is 49.8 Å². The number of carbonyl (C=O) groups is 3. The SMILES string of the molecule is CC(C)N1CCC2(CCCN(C3CCN(C(=O)c4c(NC(=O)O)sc5ncccc45)CC3)C2)C1=O. The van der Waals surface area contributed by atoms with Crippen molar-refractivity contribution >= 4 is 44.5 Å². The van der Waals surface area contributed by atoms with E-state index in [0.717, 1.165) is 51.7 Å². The monoisotopic (exact) mass is 499 g/mol. The van der Waals surface area contributed by atoms with Gasteiger partial charge in [-0.2, -0.15) is 0 Å². The quantitative estimate of drug-likeness (QED) is 0.664. The van der Waals surface area contributed by atoms with Crippen LogP contribution in [0.15, 0.2) is 18.3 Å². The van der Waals surface area contributed by atoms with Crippen LogP contribution in [0.4, 0.5) is 9.80 Å². The lowest BCUT2D eigenvalue weighted by Crippen LogP contribution is -2.54. The third-order valence-corrected chi connectivity index (χ3v) is 8.97. The zero-order chi connectivity index (χ0) is 24.7. The molecule has 3 aliphatic rings. The first kappa shape index (κ1) is 24.0. The van der Waals surface area contributed by atoms with E-state index < -0.39 is 6.09 Å².